The van der Waals surface area contributed by atoms with Crippen molar-refractivity contribution < 1.29 is 19.1 Å². The minimum Gasteiger partial charge on any atom is -0.461 e. The van der Waals surface area contributed by atoms with Gasteiger partial charge in [0.2, 0.25) is 0 Å². The highest BCUT2D eigenvalue weighted by Crippen LogP contribution is 2.23. The van der Waals surface area contributed by atoms with Crippen LogP contribution in [0.15, 0.2) is 0 Å². The maximum Gasteiger partial charge on any atom is 0.355 e. The van der Waals surface area contributed by atoms with Crippen LogP contribution >= 0.6 is 0 Å². The molecule has 0 aliphatic rings. The van der Waals surface area contributed by atoms with Gasteiger partial charge < -0.3 is 19.4 Å². The van der Waals surface area contributed by atoms with Crippen molar-refractivity contribution in [1.82, 2.24) is 9.88 Å². The second-order valence-electron chi connectivity index (χ2n) is 5.93. The lowest BCUT2D eigenvalue weighted by atomic mass is 10.1. The molecule has 1 amide bonds. The number of carbonyl (C=O) groups is 2. The van der Waals surface area contributed by atoms with E-state index >= 15 is 0 Å². The summed E-state index contributed by atoms with van der Waals surface area (Å²) < 4.78 is 12.4. The molecule has 0 bridgehead atoms. The summed E-state index contributed by atoms with van der Waals surface area (Å²) >= 11 is 0. The van der Waals surface area contributed by atoms with Gasteiger partial charge in [0.1, 0.15) is 5.69 Å². The number of carbonyl (C=O) groups excluding carboxylic acids is 2. The summed E-state index contributed by atoms with van der Waals surface area (Å²) in [7, 11) is 0. The molecule has 0 saturated carbocycles. The number of nitrogens with one attached hydrogen (secondary N) is 1. The normalized spacial score (nSPS) is 11.0. The first kappa shape index (κ1) is 20.2. The van der Waals surface area contributed by atoms with Crippen LogP contribution in [0.3, 0.4) is 0 Å². The van der Waals surface area contributed by atoms with Crippen molar-refractivity contribution in [3.8, 4) is 0 Å². The summed E-state index contributed by atoms with van der Waals surface area (Å²) in [5.41, 5.74) is 2.48. The molecule has 24 heavy (non-hydrogen) atoms. The molecule has 6 nitrogen and oxygen atoms in total. The number of nitrogens with zero attached hydrogens (tertiary/aromatic N) is 1. The number of ether oxygens (including phenoxy) is 2. The van der Waals surface area contributed by atoms with Crippen molar-refractivity contribution in [3.63, 3.8) is 0 Å². The minimum absolute atomic E-state index is 0.160. The summed E-state index contributed by atoms with van der Waals surface area (Å²) in [5.74, 6) is -0.545. The van der Waals surface area contributed by atoms with Gasteiger partial charge in [0.15, 0.2) is 0 Å². The van der Waals surface area contributed by atoms with Gasteiger partial charge in [-0.15, -0.1) is 0 Å². The lowest BCUT2D eigenvalue weighted by Gasteiger charge is -2.09. The fourth-order valence-electron chi connectivity index (χ4n) is 2.77. The second kappa shape index (κ2) is 9.47. The maximum absolute atomic E-state index is 12.5. The van der Waals surface area contributed by atoms with Gasteiger partial charge >= 0.3 is 5.97 Å². The monoisotopic (exact) mass is 338 g/mol. The Labute approximate surface area is 144 Å². The first-order valence-corrected chi connectivity index (χ1v) is 8.61. The third-order valence-corrected chi connectivity index (χ3v) is 3.84. The van der Waals surface area contributed by atoms with E-state index in [2.05, 4.69) is 5.32 Å². The predicted molar refractivity (Wildman–Crippen MR) is 93.6 cm³/mol. The number of hydrogen-bond donors (Lipinski definition) is 1. The Bertz CT molecular complexity index is 576. The number of rotatable bonds is 9. The first-order valence-electron chi connectivity index (χ1n) is 8.61. The molecule has 0 fully saturated rings. The molecule has 1 N–H and O–H groups in total. The zero-order valence-corrected chi connectivity index (χ0v) is 15.7. The molecule has 0 atom stereocenters. The molecule has 0 aliphatic heterocycles. The van der Waals surface area contributed by atoms with E-state index in [9.17, 15) is 9.59 Å². The summed E-state index contributed by atoms with van der Waals surface area (Å²) in [6.07, 6.45) is 0.942. The Balaban J connectivity index is 2.87. The predicted octanol–water partition coefficient (Wildman–Crippen LogP) is 2.85. The number of aromatic nitrogens is 1. The standard InChI is InChI=1S/C18H30N2O4/c1-7-20-14(6)15(13(5)16(20)18(22)23-8-2)17(21)19-10-9-11-24-12(3)4/h12H,7-11H2,1-6H3,(H,19,21). The van der Waals surface area contributed by atoms with E-state index in [0.717, 1.165) is 12.1 Å². The van der Waals surface area contributed by atoms with Crippen molar-refractivity contribution in [2.24, 2.45) is 0 Å². The maximum atomic E-state index is 12.5. The zero-order valence-electron chi connectivity index (χ0n) is 15.7. The first-order chi connectivity index (χ1) is 11.3. The summed E-state index contributed by atoms with van der Waals surface area (Å²) in [5, 5.41) is 2.91. The molecule has 6 heteroatoms. The highest BCUT2D eigenvalue weighted by molar-refractivity contribution is 6.01. The summed E-state index contributed by atoms with van der Waals surface area (Å²) in [6.45, 7) is 13.4. The van der Waals surface area contributed by atoms with Gasteiger partial charge in [0.05, 0.1) is 18.3 Å². The van der Waals surface area contributed by atoms with E-state index in [1.165, 1.54) is 0 Å². The molecular formula is C18H30N2O4. The summed E-state index contributed by atoms with van der Waals surface area (Å²) in [4.78, 5) is 24.7. The molecule has 1 aromatic rings. The molecule has 0 saturated heterocycles. The van der Waals surface area contributed by atoms with E-state index in [1.54, 1.807) is 13.8 Å². The number of amides is 1. The molecule has 136 valence electrons. The number of esters is 1. The Morgan fingerprint density at radius 3 is 2.42 bits per heavy atom. The molecule has 0 unspecified atom stereocenters. The molecule has 1 aromatic heterocycles. The van der Waals surface area contributed by atoms with Crippen LogP contribution in [0, 0.1) is 13.8 Å². The molecule has 0 aromatic carbocycles. The largest absolute Gasteiger partial charge is 0.461 e. The van der Waals surface area contributed by atoms with Crippen LogP contribution in [0.25, 0.3) is 0 Å². The average molecular weight is 338 g/mol. The van der Waals surface area contributed by atoms with E-state index in [1.807, 2.05) is 32.3 Å². The van der Waals surface area contributed by atoms with E-state index in [-0.39, 0.29) is 18.0 Å². The van der Waals surface area contributed by atoms with Gasteiger partial charge in [0, 0.05) is 25.4 Å². The van der Waals surface area contributed by atoms with Crippen LogP contribution < -0.4 is 5.32 Å². The molecule has 0 aliphatic carbocycles. The Morgan fingerprint density at radius 1 is 1.21 bits per heavy atom. The van der Waals surface area contributed by atoms with Gasteiger partial charge in [-0.1, -0.05) is 0 Å². The quantitative estimate of drug-likeness (QED) is 0.555. The van der Waals surface area contributed by atoms with Crippen molar-refractivity contribution in [1.29, 1.82) is 0 Å². The third kappa shape index (κ3) is 4.84. The lowest BCUT2D eigenvalue weighted by Crippen LogP contribution is -2.26. The van der Waals surface area contributed by atoms with Gasteiger partial charge in [-0.3, -0.25) is 4.79 Å². The summed E-state index contributed by atoms with van der Waals surface area (Å²) in [6, 6.07) is 0. The minimum atomic E-state index is -0.385. The van der Waals surface area contributed by atoms with Crippen LogP contribution in [-0.2, 0) is 16.0 Å². The Hall–Kier alpha value is -1.82. The van der Waals surface area contributed by atoms with Crippen molar-refractivity contribution in [2.45, 2.75) is 60.6 Å². The van der Waals surface area contributed by atoms with Crippen LogP contribution in [-0.4, -0.2) is 42.3 Å². The van der Waals surface area contributed by atoms with Gasteiger partial charge in [0.25, 0.3) is 5.91 Å². The van der Waals surface area contributed by atoms with Gasteiger partial charge in [-0.25, -0.2) is 4.79 Å². The average Bonchev–Trinajstić information content (AvgIpc) is 2.77. The molecule has 0 spiro atoms. The molecule has 1 heterocycles. The molecule has 0 radical (unpaired) electrons. The van der Waals surface area contributed by atoms with Crippen molar-refractivity contribution in [2.75, 3.05) is 19.8 Å². The van der Waals surface area contributed by atoms with Gasteiger partial charge in [-0.05, 0) is 53.5 Å². The lowest BCUT2D eigenvalue weighted by molar-refractivity contribution is 0.0512. The van der Waals surface area contributed by atoms with Crippen molar-refractivity contribution >= 4 is 11.9 Å². The smallest absolute Gasteiger partial charge is 0.355 e. The zero-order chi connectivity index (χ0) is 18.3. The van der Waals surface area contributed by atoms with Crippen LogP contribution in [0.2, 0.25) is 0 Å². The number of hydrogen-bond acceptors (Lipinski definition) is 4. The van der Waals surface area contributed by atoms with E-state index < -0.39 is 0 Å². The van der Waals surface area contributed by atoms with Crippen molar-refractivity contribution in [3.05, 3.63) is 22.5 Å². The van der Waals surface area contributed by atoms with Crippen LogP contribution in [0.5, 0.6) is 0 Å². The topological polar surface area (TPSA) is 69.6 Å². The van der Waals surface area contributed by atoms with Crippen LogP contribution in [0.4, 0.5) is 0 Å². The van der Waals surface area contributed by atoms with Crippen LogP contribution in [0.1, 0.15) is 66.2 Å². The van der Waals surface area contributed by atoms with Gasteiger partial charge in [-0.2, -0.15) is 0 Å². The highest BCUT2D eigenvalue weighted by atomic mass is 16.5. The molecule has 1 rings (SSSR count). The molecular weight excluding hydrogens is 308 g/mol. The highest BCUT2D eigenvalue weighted by Gasteiger charge is 2.26. The Morgan fingerprint density at radius 2 is 1.88 bits per heavy atom. The SMILES string of the molecule is CCOC(=O)c1c(C)c(C(=O)NCCCOC(C)C)c(C)n1CC. The fraction of sp³-hybridized carbons (Fsp3) is 0.667. The van der Waals surface area contributed by atoms with E-state index in [4.69, 9.17) is 9.47 Å². The fourth-order valence-corrected chi connectivity index (χ4v) is 2.77. The third-order valence-electron chi connectivity index (χ3n) is 3.84. The van der Waals surface area contributed by atoms with E-state index in [0.29, 0.717) is 43.1 Å². The second-order valence-corrected chi connectivity index (χ2v) is 5.93. The Kier molecular flexibility index (Phi) is 7.98.